The van der Waals surface area contributed by atoms with E-state index in [1.54, 1.807) is 0 Å². The van der Waals surface area contributed by atoms with Crippen LogP contribution in [0.1, 0.15) is 56.9 Å². The predicted molar refractivity (Wildman–Crippen MR) is 84.2 cm³/mol. The quantitative estimate of drug-likeness (QED) is 0.738. The molecule has 0 spiro atoms. The molecule has 1 aromatic rings. The molecule has 1 aliphatic carbocycles. The van der Waals surface area contributed by atoms with E-state index >= 15 is 0 Å². The fourth-order valence-corrected chi connectivity index (χ4v) is 4.88. The Hall–Kier alpha value is 0.140. The van der Waals surface area contributed by atoms with Crippen LogP contribution in [-0.2, 0) is 0 Å². The molecule has 102 valence electrons. The molecule has 2 rings (SSSR count). The Morgan fingerprint density at radius 3 is 2.83 bits per heavy atom. The van der Waals surface area contributed by atoms with Crippen molar-refractivity contribution in [3.8, 4) is 0 Å². The molecule has 1 aromatic heterocycles. The number of halogens is 1. The Kier molecular flexibility index (Phi) is 5.71. The first kappa shape index (κ1) is 14.5. The van der Waals surface area contributed by atoms with E-state index in [1.165, 1.54) is 41.5 Å². The summed E-state index contributed by atoms with van der Waals surface area (Å²) in [5, 5.41) is 5.98. The van der Waals surface area contributed by atoms with Crippen molar-refractivity contribution in [3.05, 3.63) is 20.8 Å². The summed E-state index contributed by atoms with van der Waals surface area (Å²) in [5.74, 6) is 1.79. The molecule has 0 aliphatic heterocycles. The first-order valence-electron chi connectivity index (χ1n) is 7.22. The van der Waals surface area contributed by atoms with Gasteiger partial charge in [-0.05, 0) is 65.0 Å². The first-order valence-corrected chi connectivity index (χ1v) is 8.89. The predicted octanol–water partition coefficient (Wildman–Crippen LogP) is 5.38. The van der Waals surface area contributed by atoms with Crippen LogP contribution < -0.4 is 5.32 Å². The molecule has 18 heavy (non-hydrogen) atoms. The molecular formula is C15H24BrNS. The van der Waals surface area contributed by atoms with E-state index in [0.717, 1.165) is 18.4 Å². The van der Waals surface area contributed by atoms with Crippen LogP contribution in [0.5, 0.6) is 0 Å². The molecule has 3 unspecified atom stereocenters. The molecule has 0 bridgehead atoms. The number of nitrogens with one attached hydrogen (secondary N) is 1. The summed E-state index contributed by atoms with van der Waals surface area (Å²) in [7, 11) is 0. The molecule has 3 atom stereocenters. The lowest BCUT2D eigenvalue weighted by molar-refractivity contribution is 0.357. The van der Waals surface area contributed by atoms with E-state index in [0.29, 0.717) is 6.04 Å². The highest BCUT2D eigenvalue weighted by Crippen LogP contribution is 2.43. The zero-order valence-electron chi connectivity index (χ0n) is 11.4. The van der Waals surface area contributed by atoms with Crippen LogP contribution in [0.4, 0.5) is 0 Å². The van der Waals surface area contributed by atoms with Gasteiger partial charge in [-0.2, -0.15) is 0 Å². The largest absolute Gasteiger partial charge is 0.309 e. The second kappa shape index (κ2) is 7.06. The number of hydrogen-bond acceptors (Lipinski definition) is 2. The van der Waals surface area contributed by atoms with Gasteiger partial charge in [0.05, 0.1) is 0 Å². The maximum atomic E-state index is 3.78. The molecule has 1 fully saturated rings. The van der Waals surface area contributed by atoms with Crippen molar-refractivity contribution in [2.75, 3.05) is 6.54 Å². The third-order valence-electron chi connectivity index (χ3n) is 4.17. The minimum Gasteiger partial charge on any atom is -0.309 e. The SMILES string of the molecule is CCCNC(c1sccc1Br)C1CCC(CC)C1. The number of thiophene rings is 1. The lowest BCUT2D eigenvalue weighted by Crippen LogP contribution is -2.27. The van der Waals surface area contributed by atoms with Gasteiger partial charge in [0.2, 0.25) is 0 Å². The van der Waals surface area contributed by atoms with Crippen LogP contribution in [0.15, 0.2) is 15.9 Å². The monoisotopic (exact) mass is 329 g/mol. The van der Waals surface area contributed by atoms with E-state index in [9.17, 15) is 0 Å². The van der Waals surface area contributed by atoms with Gasteiger partial charge in [-0.25, -0.2) is 0 Å². The van der Waals surface area contributed by atoms with Gasteiger partial charge in [-0.15, -0.1) is 11.3 Å². The Morgan fingerprint density at radius 1 is 1.44 bits per heavy atom. The second-order valence-corrected chi connectivity index (χ2v) is 7.21. The smallest absolute Gasteiger partial charge is 0.0454 e. The topological polar surface area (TPSA) is 12.0 Å². The van der Waals surface area contributed by atoms with Crippen molar-refractivity contribution in [2.45, 2.75) is 52.0 Å². The van der Waals surface area contributed by atoms with Crippen LogP contribution in [0.2, 0.25) is 0 Å². The molecule has 1 heterocycles. The summed E-state index contributed by atoms with van der Waals surface area (Å²) in [6.07, 6.45) is 6.78. The Balaban J connectivity index is 2.08. The highest BCUT2D eigenvalue weighted by molar-refractivity contribution is 9.10. The van der Waals surface area contributed by atoms with Gasteiger partial charge in [-0.3, -0.25) is 0 Å². The van der Waals surface area contributed by atoms with E-state index < -0.39 is 0 Å². The fraction of sp³-hybridized carbons (Fsp3) is 0.733. The highest BCUT2D eigenvalue weighted by Gasteiger charge is 2.32. The van der Waals surface area contributed by atoms with Crippen molar-refractivity contribution in [1.82, 2.24) is 5.32 Å². The Labute approximate surface area is 123 Å². The molecule has 0 aromatic carbocycles. The van der Waals surface area contributed by atoms with Crippen LogP contribution in [0, 0.1) is 11.8 Å². The normalized spacial score (nSPS) is 25.5. The summed E-state index contributed by atoms with van der Waals surface area (Å²) in [6, 6.07) is 2.75. The third kappa shape index (κ3) is 3.37. The minimum absolute atomic E-state index is 0.566. The van der Waals surface area contributed by atoms with E-state index in [2.05, 4.69) is 46.5 Å². The molecule has 0 saturated heterocycles. The molecule has 1 nitrogen and oxygen atoms in total. The number of hydrogen-bond donors (Lipinski definition) is 1. The van der Waals surface area contributed by atoms with Crippen LogP contribution >= 0.6 is 27.3 Å². The van der Waals surface area contributed by atoms with Gasteiger partial charge in [0, 0.05) is 15.4 Å². The fourth-order valence-electron chi connectivity index (χ4n) is 3.09. The Morgan fingerprint density at radius 2 is 2.28 bits per heavy atom. The van der Waals surface area contributed by atoms with Gasteiger partial charge >= 0.3 is 0 Å². The zero-order valence-corrected chi connectivity index (χ0v) is 13.8. The summed E-state index contributed by atoms with van der Waals surface area (Å²) < 4.78 is 1.29. The summed E-state index contributed by atoms with van der Waals surface area (Å²) >= 11 is 5.60. The van der Waals surface area contributed by atoms with Crippen molar-refractivity contribution in [2.24, 2.45) is 11.8 Å². The molecule has 0 amide bonds. The van der Waals surface area contributed by atoms with Gasteiger partial charge < -0.3 is 5.32 Å². The van der Waals surface area contributed by atoms with Gasteiger partial charge in [0.15, 0.2) is 0 Å². The number of rotatable bonds is 6. The average Bonchev–Trinajstić information content (AvgIpc) is 3.00. The molecule has 0 radical (unpaired) electrons. The maximum Gasteiger partial charge on any atom is 0.0454 e. The molecule has 3 heteroatoms. The van der Waals surface area contributed by atoms with Crippen LogP contribution in [0.25, 0.3) is 0 Å². The lowest BCUT2D eigenvalue weighted by Gasteiger charge is -2.24. The van der Waals surface area contributed by atoms with Crippen LogP contribution in [-0.4, -0.2) is 6.54 Å². The van der Waals surface area contributed by atoms with Crippen molar-refractivity contribution in [3.63, 3.8) is 0 Å². The van der Waals surface area contributed by atoms with E-state index in [1.807, 2.05) is 11.3 Å². The molecular weight excluding hydrogens is 306 g/mol. The maximum absolute atomic E-state index is 3.78. The Bertz CT molecular complexity index is 363. The summed E-state index contributed by atoms with van der Waals surface area (Å²) in [6.45, 7) is 5.71. The van der Waals surface area contributed by atoms with Crippen molar-refractivity contribution < 1.29 is 0 Å². The van der Waals surface area contributed by atoms with Crippen LogP contribution in [0.3, 0.4) is 0 Å². The lowest BCUT2D eigenvalue weighted by atomic mass is 9.94. The third-order valence-corrected chi connectivity index (χ3v) is 6.13. The molecule has 1 N–H and O–H groups in total. The second-order valence-electron chi connectivity index (χ2n) is 5.41. The van der Waals surface area contributed by atoms with E-state index in [4.69, 9.17) is 0 Å². The summed E-state index contributed by atoms with van der Waals surface area (Å²) in [4.78, 5) is 1.50. The molecule has 1 saturated carbocycles. The van der Waals surface area contributed by atoms with Crippen molar-refractivity contribution in [1.29, 1.82) is 0 Å². The van der Waals surface area contributed by atoms with Gasteiger partial charge in [0.1, 0.15) is 0 Å². The zero-order chi connectivity index (χ0) is 13.0. The summed E-state index contributed by atoms with van der Waals surface area (Å²) in [5.41, 5.74) is 0. The minimum atomic E-state index is 0.566. The van der Waals surface area contributed by atoms with Crippen molar-refractivity contribution >= 4 is 27.3 Å². The standard InChI is InChI=1S/C15H24BrNS/c1-3-8-17-14(15-13(16)7-9-18-15)12-6-5-11(4-2)10-12/h7,9,11-12,14,17H,3-6,8,10H2,1-2H3. The first-order chi connectivity index (χ1) is 8.76. The molecule has 1 aliphatic rings. The highest BCUT2D eigenvalue weighted by atomic mass is 79.9. The van der Waals surface area contributed by atoms with Gasteiger partial charge in [0.25, 0.3) is 0 Å². The van der Waals surface area contributed by atoms with Gasteiger partial charge in [-0.1, -0.05) is 26.7 Å². The average molecular weight is 330 g/mol. The van der Waals surface area contributed by atoms with E-state index in [-0.39, 0.29) is 0 Å².